The third-order valence-corrected chi connectivity index (χ3v) is 1.08. The summed E-state index contributed by atoms with van der Waals surface area (Å²) in [7, 11) is 0. The highest BCUT2D eigenvalue weighted by atomic mass is 16.5. The van der Waals surface area contributed by atoms with E-state index in [1.165, 1.54) is 0 Å². The average Bonchev–Trinajstić information content (AvgIpc) is 2.20. The van der Waals surface area contributed by atoms with Crippen LogP contribution in [0.4, 0.5) is 0 Å². The van der Waals surface area contributed by atoms with Crippen molar-refractivity contribution in [1.82, 2.24) is 9.97 Å². The van der Waals surface area contributed by atoms with Gasteiger partial charge in [-0.25, -0.2) is 4.98 Å². The second kappa shape index (κ2) is 2.47. The van der Waals surface area contributed by atoms with Crippen LogP contribution in [0.25, 0.3) is 0 Å². The van der Waals surface area contributed by atoms with Crippen LogP contribution in [0, 0.1) is 0 Å². The molecule has 2 heterocycles. The van der Waals surface area contributed by atoms with Crippen LogP contribution >= 0.6 is 0 Å². The number of hydrogen-bond donors (Lipinski definition) is 1. The molecule has 0 atom stereocenters. The summed E-state index contributed by atoms with van der Waals surface area (Å²) >= 11 is 0. The summed E-state index contributed by atoms with van der Waals surface area (Å²) < 4.78 is 56.2. The van der Waals surface area contributed by atoms with Gasteiger partial charge in [-0.1, -0.05) is 0 Å². The predicted octanol–water partition coefficient (Wildman–Crippen LogP) is 0.296. The van der Waals surface area contributed by atoms with E-state index in [4.69, 9.17) is 9.60 Å². The van der Waals surface area contributed by atoms with Crippen molar-refractivity contribution in [3.05, 3.63) is 18.0 Å². The van der Waals surface area contributed by atoms with Crippen LogP contribution < -0.4 is 0 Å². The smallest absolute Gasteiger partial charge is 0.230 e. The van der Waals surface area contributed by atoms with E-state index in [9.17, 15) is 5.11 Å². The Bertz CT molecular complexity index is 507. The Labute approximate surface area is 73.7 Å². The number of rotatable bonds is 1. The number of ether oxygens (including phenoxy) is 1. The van der Waals surface area contributed by atoms with Crippen molar-refractivity contribution >= 4 is 0 Å². The topological polar surface area (TPSA) is 55.2 Å². The van der Waals surface area contributed by atoms with Gasteiger partial charge in [-0.15, -0.1) is 0 Å². The maximum Gasteiger partial charge on any atom is 0.230 e. The normalized spacial score (nSPS) is 39.1. The summed E-state index contributed by atoms with van der Waals surface area (Å²) in [6, 6.07) is 0. The van der Waals surface area contributed by atoms with Gasteiger partial charge in [0.25, 0.3) is 0 Å². The largest absolute Gasteiger partial charge is 0.492 e. The zero-order chi connectivity index (χ0) is 13.9. The molecule has 4 heteroatoms. The predicted molar refractivity (Wildman–Crippen MR) is 37.3 cm³/mol. The fourth-order valence-corrected chi connectivity index (χ4v) is 0.597. The molecule has 1 N–H and O–H groups in total. The Morgan fingerprint density at radius 1 is 1.82 bits per heavy atom. The fourth-order valence-electron chi connectivity index (χ4n) is 0.597. The highest BCUT2D eigenvalue weighted by Gasteiger charge is 2.22. The van der Waals surface area contributed by atoms with Gasteiger partial charge in [-0.2, -0.15) is 0 Å². The van der Waals surface area contributed by atoms with E-state index < -0.39 is 42.9 Å². The molecule has 1 aromatic heterocycles. The summed E-state index contributed by atoms with van der Waals surface area (Å²) in [5, 5.41) is 9.23. The molecule has 0 amide bonds. The van der Waals surface area contributed by atoms with Gasteiger partial charge in [-0.3, -0.25) is 4.98 Å². The molecule has 58 valence electrons. The third kappa shape index (κ3) is 1.17. The quantitative estimate of drug-likeness (QED) is 0.640. The Balaban J connectivity index is 2.64. The standard InChI is InChI=1S/C7H8N2O2/c10-7-2-8-1-6(9-7)5-3-11-4-5/h1-2,5H,3-4H2,(H,9,10)/i1D,2D,3D2,4D2,5D. The lowest BCUT2D eigenvalue weighted by atomic mass is 10.1. The monoisotopic (exact) mass is 159 g/mol. The first-order valence-corrected chi connectivity index (χ1v) is 2.78. The molecule has 2 rings (SSSR count). The van der Waals surface area contributed by atoms with Gasteiger partial charge < -0.3 is 9.84 Å². The van der Waals surface area contributed by atoms with Crippen LogP contribution in [0.5, 0.6) is 5.88 Å². The van der Waals surface area contributed by atoms with Crippen molar-refractivity contribution in [1.29, 1.82) is 0 Å². The Kier molecular flexibility index (Phi) is 0.542. The molecule has 4 nitrogen and oxygen atoms in total. The van der Waals surface area contributed by atoms with Crippen molar-refractivity contribution in [2.24, 2.45) is 0 Å². The van der Waals surface area contributed by atoms with Crippen LogP contribution in [-0.4, -0.2) is 28.2 Å². The summed E-state index contributed by atoms with van der Waals surface area (Å²) in [5.41, 5.74) is -0.711. The molecule has 1 aromatic rings. The molecule has 1 saturated heterocycles. The lowest BCUT2D eigenvalue weighted by Gasteiger charge is -2.24. The maximum atomic E-state index is 9.23. The maximum absolute atomic E-state index is 9.23. The highest BCUT2D eigenvalue weighted by Crippen LogP contribution is 2.22. The van der Waals surface area contributed by atoms with Crippen molar-refractivity contribution in [2.75, 3.05) is 13.1 Å². The summed E-state index contributed by atoms with van der Waals surface area (Å²) in [6.45, 7) is -5.42. The van der Waals surface area contributed by atoms with E-state index in [2.05, 4.69) is 14.7 Å². The zero-order valence-corrected chi connectivity index (χ0v) is 5.25. The lowest BCUT2D eigenvalue weighted by Crippen LogP contribution is -2.25. The first-order valence-electron chi connectivity index (χ1n) is 6.28. The van der Waals surface area contributed by atoms with E-state index in [1.807, 2.05) is 0 Å². The van der Waals surface area contributed by atoms with Crippen LogP contribution in [0.1, 0.15) is 21.2 Å². The number of aromatic hydroxyl groups is 1. The molecule has 1 aliphatic heterocycles. The number of aromatic nitrogens is 2. The number of nitrogens with zero attached hydrogens (tertiary/aromatic N) is 2. The van der Waals surface area contributed by atoms with Crippen molar-refractivity contribution in [2.45, 2.75) is 5.89 Å². The number of hydrogen-bond acceptors (Lipinski definition) is 4. The Hall–Kier alpha value is -1.16. The molecule has 0 spiro atoms. The van der Waals surface area contributed by atoms with Gasteiger partial charge in [-0.05, 0) is 0 Å². The molecule has 0 aliphatic carbocycles. The second-order valence-electron chi connectivity index (χ2n) is 1.80. The minimum atomic E-state index is -2.71. The van der Waals surface area contributed by atoms with Crippen molar-refractivity contribution < 1.29 is 19.4 Å². The van der Waals surface area contributed by atoms with Gasteiger partial charge in [0.15, 0.2) is 0 Å². The van der Waals surface area contributed by atoms with Gasteiger partial charge in [0.1, 0.15) is 0 Å². The molecule has 0 unspecified atom stereocenters. The molecular formula is C7H8N2O2. The first kappa shape index (κ1) is 2.42. The lowest BCUT2D eigenvalue weighted by molar-refractivity contribution is 0.00638. The van der Waals surface area contributed by atoms with Crippen LogP contribution in [0.2, 0.25) is 0 Å². The van der Waals surface area contributed by atoms with Gasteiger partial charge in [0.05, 0.1) is 33.2 Å². The van der Waals surface area contributed by atoms with Crippen LogP contribution in [-0.2, 0) is 4.74 Å². The summed E-state index contributed by atoms with van der Waals surface area (Å²) in [4.78, 5) is 6.59. The molecule has 1 aliphatic rings. The molecule has 1 fully saturated rings. The van der Waals surface area contributed by atoms with Crippen molar-refractivity contribution in [3.63, 3.8) is 0 Å². The van der Waals surface area contributed by atoms with Gasteiger partial charge in [0, 0.05) is 13.4 Å². The zero-order valence-electron chi connectivity index (χ0n) is 12.2. The van der Waals surface area contributed by atoms with E-state index in [0.29, 0.717) is 0 Å². The van der Waals surface area contributed by atoms with E-state index >= 15 is 0 Å². The van der Waals surface area contributed by atoms with E-state index in [-0.39, 0.29) is 0 Å². The SMILES string of the molecule is [2H]c1nc([2H])c(C2([2H])C([2H])([2H])OC2([2H])[2H])nc1O. The third-order valence-electron chi connectivity index (χ3n) is 1.08. The first-order chi connectivity index (χ1) is 8.03. The molecule has 0 radical (unpaired) electrons. The Morgan fingerprint density at radius 3 is 3.36 bits per heavy atom. The molecule has 11 heavy (non-hydrogen) atoms. The van der Waals surface area contributed by atoms with Gasteiger partial charge in [0.2, 0.25) is 5.88 Å². The van der Waals surface area contributed by atoms with Crippen molar-refractivity contribution in [3.8, 4) is 5.88 Å². The van der Waals surface area contributed by atoms with Crippen LogP contribution in [0.15, 0.2) is 12.3 Å². The van der Waals surface area contributed by atoms with E-state index in [1.54, 1.807) is 0 Å². The average molecular weight is 159 g/mol. The fraction of sp³-hybridized carbons (Fsp3) is 0.429. The minimum absolute atomic E-state index is 0.700. The molecule has 0 bridgehead atoms. The Morgan fingerprint density at radius 2 is 2.64 bits per heavy atom. The van der Waals surface area contributed by atoms with E-state index in [0.717, 1.165) is 0 Å². The molecular weight excluding hydrogens is 144 g/mol. The molecule has 0 aromatic carbocycles. The highest BCUT2D eigenvalue weighted by molar-refractivity contribution is 5.12. The molecule has 0 saturated carbocycles. The van der Waals surface area contributed by atoms with Gasteiger partial charge >= 0.3 is 0 Å². The minimum Gasteiger partial charge on any atom is -0.492 e. The second-order valence-corrected chi connectivity index (χ2v) is 1.80. The van der Waals surface area contributed by atoms with Crippen LogP contribution in [0.3, 0.4) is 0 Å². The summed E-state index contributed by atoms with van der Waals surface area (Å²) in [5.74, 6) is -3.53. The summed E-state index contributed by atoms with van der Waals surface area (Å²) in [6.07, 6.45) is -1.45.